The Hall–Kier alpha value is 0. The van der Waals surface area contributed by atoms with Gasteiger partial charge < -0.3 is 0 Å². The van der Waals surface area contributed by atoms with Crippen LogP contribution in [-0.4, -0.2) is 0 Å². The molecule has 0 aliphatic heterocycles. The van der Waals surface area contributed by atoms with Crippen molar-refractivity contribution in [3.05, 3.63) is 0 Å². The molecular formula is C14H26. The van der Waals surface area contributed by atoms with Crippen molar-refractivity contribution in [2.75, 3.05) is 0 Å². The van der Waals surface area contributed by atoms with Gasteiger partial charge in [0.15, 0.2) is 0 Å². The zero-order chi connectivity index (χ0) is 10.6. The second-order valence-electron chi connectivity index (χ2n) is 7.25. The van der Waals surface area contributed by atoms with Gasteiger partial charge in [-0.25, -0.2) is 0 Å². The van der Waals surface area contributed by atoms with Gasteiger partial charge in [-0.05, 0) is 54.3 Å². The SMILES string of the molecule is CC1CC2CC(C1)C(C)(C(C)(C)C)C2. The van der Waals surface area contributed by atoms with Gasteiger partial charge in [-0.15, -0.1) is 0 Å². The first kappa shape index (κ1) is 10.5. The molecule has 0 N–H and O–H groups in total. The smallest absolute Gasteiger partial charge is 0.0246 e. The fourth-order valence-electron chi connectivity index (χ4n) is 4.12. The molecule has 0 nitrogen and oxygen atoms in total. The monoisotopic (exact) mass is 194 g/mol. The standard InChI is InChI=1S/C14H26/c1-10-6-11-8-12(7-10)14(5,9-11)13(2,3)4/h10-12H,6-9H2,1-5H3. The van der Waals surface area contributed by atoms with Crippen molar-refractivity contribution < 1.29 is 0 Å². The van der Waals surface area contributed by atoms with Gasteiger partial charge >= 0.3 is 0 Å². The van der Waals surface area contributed by atoms with Crippen molar-refractivity contribution >= 4 is 0 Å². The summed E-state index contributed by atoms with van der Waals surface area (Å²) in [7, 11) is 0. The summed E-state index contributed by atoms with van der Waals surface area (Å²) in [5.74, 6) is 3.05. The van der Waals surface area contributed by atoms with E-state index in [0.29, 0.717) is 10.8 Å². The third-order valence-electron chi connectivity index (χ3n) is 5.37. The lowest BCUT2D eigenvalue weighted by Crippen LogP contribution is -2.36. The predicted molar refractivity (Wildman–Crippen MR) is 62.2 cm³/mol. The summed E-state index contributed by atoms with van der Waals surface area (Å²) in [6, 6.07) is 0. The maximum Gasteiger partial charge on any atom is -0.0246 e. The molecule has 0 amide bonds. The molecule has 0 aromatic rings. The van der Waals surface area contributed by atoms with Crippen molar-refractivity contribution in [3.63, 3.8) is 0 Å². The normalized spacial score (nSPS) is 48.2. The Labute approximate surface area is 89.5 Å². The summed E-state index contributed by atoms with van der Waals surface area (Å²) in [5, 5.41) is 0. The number of fused-ring (bicyclic) bond motifs is 2. The molecule has 2 saturated carbocycles. The number of rotatable bonds is 0. The van der Waals surface area contributed by atoms with Gasteiger partial charge in [-0.2, -0.15) is 0 Å². The van der Waals surface area contributed by atoms with Crippen molar-refractivity contribution in [1.82, 2.24) is 0 Å². The van der Waals surface area contributed by atoms with Crippen LogP contribution in [0.1, 0.15) is 60.3 Å². The van der Waals surface area contributed by atoms with E-state index in [2.05, 4.69) is 34.6 Å². The van der Waals surface area contributed by atoms with Gasteiger partial charge in [-0.1, -0.05) is 34.6 Å². The average Bonchev–Trinajstić information content (AvgIpc) is 2.22. The van der Waals surface area contributed by atoms with Crippen LogP contribution in [-0.2, 0) is 0 Å². The minimum Gasteiger partial charge on any atom is -0.0625 e. The third-order valence-corrected chi connectivity index (χ3v) is 5.37. The quantitative estimate of drug-likeness (QED) is 0.533. The second-order valence-corrected chi connectivity index (χ2v) is 7.25. The Morgan fingerprint density at radius 2 is 1.71 bits per heavy atom. The predicted octanol–water partition coefficient (Wildman–Crippen LogP) is 4.49. The molecule has 0 aromatic carbocycles. The molecule has 0 heteroatoms. The van der Waals surface area contributed by atoms with E-state index in [-0.39, 0.29) is 0 Å². The van der Waals surface area contributed by atoms with E-state index in [9.17, 15) is 0 Å². The van der Waals surface area contributed by atoms with E-state index < -0.39 is 0 Å². The van der Waals surface area contributed by atoms with Crippen LogP contribution in [0.5, 0.6) is 0 Å². The Kier molecular flexibility index (Phi) is 2.25. The second kappa shape index (κ2) is 3.00. The molecular weight excluding hydrogens is 168 g/mol. The van der Waals surface area contributed by atoms with Gasteiger partial charge in [0.25, 0.3) is 0 Å². The first-order chi connectivity index (χ1) is 6.33. The number of hydrogen-bond acceptors (Lipinski definition) is 0. The van der Waals surface area contributed by atoms with Crippen molar-refractivity contribution in [1.29, 1.82) is 0 Å². The average molecular weight is 194 g/mol. The topological polar surface area (TPSA) is 0 Å². The van der Waals surface area contributed by atoms with Gasteiger partial charge in [0.05, 0.1) is 0 Å². The van der Waals surface area contributed by atoms with Crippen LogP contribution < -0.4 is 0 Å². The highest BCUT2D eigenvalue weighted by atomic mass is 14.6. The summed E-state index contributed by atoms with van der Waals surface area (Å²) in [6.07, 6.45) is 6.01. The maximum absolute atomic E-state index is 2.55. The van der Waals surface area contributed by atoms with E-state index in [1.165, 1.54) is 25.7 Å². The Morgan fingerprint density at radius 3 is 2.29 bits per heavy atom. The highest BCUT2D eigenvalue weighted by Gasteiger charge is 2.52. The molecule has 0 spiro atoms. The van der Waals surface area contributed by atoms with Crippen molar-refractivity contribution in [3.8, 4) is 0 Å². The Morgan fingerprint density at radius 1 is 1.07 bits per heavy atom. The summed E-state index contributed by atoms with van der Waals surface area (Å²) < 4.78 is 0. The molecule has 0 heterocycles. The molecule has 2 bridgehead atoms. The first-order valence-corrected chi connectivity index (χ1v) is 6.33. The molecule has 2 aliphatic rings. The van der Waals surface area contributed by atoms with Gasteiger partial charge in [0, 0.05) is 0 Å². The molecule has 4 atom stereocenters. The van der Waals surface area contributed by atoms with Crippen molar-refractivity contribution in [2.24, 2.45) is 28.6 Å². The van der Waals surface area contributed by atoms with Crippen LogP contribution in [0.2, 0.25) is 0 Å². The van der Waals surface area contributed by atoms with E-state index in [0.717, 1.165) is 17.8 Å². The fourth-order valence-corrected chi connectivity index (χ4v) is 4.12. The molecule has 14 heavy (non-hydrogen) atoms. The summed E-state index contributed by atoms with van der Waals surface area (Å²) in [4.78, 5) is 0. The van der Waals surface area contributed by atoms with E-state index >= 15 is 0 Å². The van der Waals surface area contributed by atoms with E-state index in [4.69, 9.17) is 0 Å². The minimum absolute atomic E-state index is 0.497. The van der Waals surface area contributed by atoms with Gasteiger partial charge in [0.1, 0.15) is 0 Å². The van der Waals surface area contributed by atoms with Crippen LogP contribution >= 0.6 is 0 Å². The maximum atomic E-state index is 2.55. The molecule has 4 unspecified atom stereocenters. The molecule has 2 fully saturated rings. The van der Waals surface area contributed by atoms with E-state index in [1.807, 2.05) is 0 Å². The highest BCUT2D eigenvalue weighted by molar-refractivity contribution is 5.02. The van der Waals surface area contributed by atoms with Crippen LogP contribution in [0.4, 0.5) is 0 Å². The summed E-state index contributed by atoms with van der Waals surface area (Å²) in [6.45, 7) is 12.3. The lowest BCUT2D eigenvalue weighted by molar-refractivity contribution is 0.0524. The van der Waals surface area contributed by atoms with Crippen LogP contribution in [0.15, 0.2) is 0 Å². The molecule has 2 rings (SSSR count). The number of hydrogen-bond donors (Lipinski definition) is 0. The van der Waals surface area contributed by atoms with Crippen molar-refractivity contribution in [2.45, 2.75) is 60.3 Å². The lowest BCUT2D eigenvalue weighted by atomic mass is 9.61. The zero-order valence-electron chi connectivity index (χ0n) is 10.6. The molecule has 2 aliphatic carbocycles. The highest BCUT2D eigenvalue weighted by Crippen LogP contribution is 2.61. The lowest BCUT2D eigenvalue weighted by Gasteiger charge is -2.44. The minimum atomic E-state index is 0.497. The van der Waals surface area contributed by atoms with Crippen LogP contribution in [0.25, 0.3) is 0 Å². The summed E-state index contributed by atoms with van der Waals surface area (Å²) in [5.41, 5.74) is 1.11. The van der Waals surface area contributed by atoms with Crippen LogP contribution in [0, 0.1) is 28.6 Å². The first-order valence-electron chi connectivity index (χ1n) is 6.33. The largest absolute Gasteiger partial charge is 0.0625 e. The fraction of sp³-hybridized carbons (Fsp3) is 1.00. The molecule has 82 valence electrons. The Bertz CT molecular complexity index is 223. The molecule has 0 radical (unpaired) electrons. The zero-order valence-corrected chi connectivity index (χ0v) is 10.6. The van der Waals surface area contributed by atoms with Crippen LogP contribution in [0.3, 0.4) is 0 Å². The molecule has 0 aromatic heterocycles. The Balaban J connectivity index is 2.24. The van der Waals surface area contributed by atoms with Gasteiger partial charge in [0.2, 0.25) is 0 Å². The third kappa shape index (κ3) is 1.42. The van der Waals surface area contributed by atoms with Gasteiger partial charge in [-0.3, -0.25) is 0 Å². The molecule has 0 saturated heterocycles. The van der Waals surface area contributed by atoms with E-state index in [1.54, 1.807) is 0 Å². The summed E-state index contributed by atoms with van der Waals surface area (Å²) >= 11 is 0.